The van der Waals surface area contributed by atoms with E-state index in [1.807, 2.05) is 13.8 Å². The molecule has 0 saturated carbocycles. The molecule has 2 atom stereocenters. The van der Waals surface area contributed by atoms with Crippen molar-refractivity contribution in [3.05, 3.63) is 22.9 Å². The van der Waals surface area contributed by atoms with Crippen LogP contribution in [0.1, 0.15) is 35.5 Å². The molecule has 2 aromatic rings. The first kappa shape index (κ1) is 14.9. The highest BCUT2D eigenvalue weighted by molar-refractivity contribution is 5.89. The standard InChI is InChI=1S/C17H18N2O5/c1-7-4-9-13(11-6-12(17(20)21)19-18-11)14-10(5-8(2)23-14)15(22-3)16(9)24-7/h6-8H,4-5H2,1-3H3,(H,18,19)(H,20,21). The second kappa shape index (κ2) is 5.15. The number of methoxy groups -OCH3 is 1. The molecule has 0 fully saturated rings. The van der Waals surface area contributed by atoms with Crippen LogP contribution in [-0.2, 0) is 12.8 Å². The molecule has 1 aromatic heterocycles. The summed E-state index contributed by atoms with van der Waals surface area (Å²) in [5, 5.41) is 15.9. The fourth-order valence-electron chi connectivity index (χ4n) is 3.52. The van der Waals surface area contributed by atoms with Crippen LogP contribution >= 0.6 is 0 Å². The number of hydrogen-bond donors (Lipinski definition) is 2. The summed E-state index contributed by atoms with van der Waals surface area (Å²) in [7, 11) is 1.63. The SMILES string of the molecule is COc1c2c(c(-c3cc(C(=O)O)[nH]n3)c3c1OC(C)C3)OC(C)C2. The zero-order valence-electron chi connectivity index (χ0n) is 13.7. The van der Waals surface area contributed by atoms with Crippen LogP contribution < -0.4 is 14.2 Å². The summed E-state index contributed by atoms with van der Waals surface area (Å²) >= 11 is 0. The number of aromatic nitrogens is 2. The Hall–Kier alpha value is -2.70. The van der Waals surface area contributed by atoms with Gasteiger partial charge in [-0.25, -0.2) is 4.79 Å². The van der Waals surface area contributed by atoms with E-state index < -0.39 is 5.97 Å². The Labute approximate surface area is 138 Å². The molecule has 0 spiro atoms. The van der Waals surface area contributed by atoms with Crippen molar-refractivity contribution in [2.75, 3.05) is 7.11 Å². The zero-order chi connectivity index (χ0) is 17.0. The predicted molar refractivity (Wildman–Crippen MR) is 85.1 cm³/mol. The highest BCUT2D eigenvalue weighted by Gasteiger charge is 2.37. The van der Waals surface area contributed by atoms with E-state index in [4.69, 9.17) is 19.3 Å². The molecule has 7 nitrogen and oxygen atoms in total. The number of rotatable bonds is 3. The molecule has 1 aromatic carbocycles. The molecule has 7 heteroatoms. The Morgan fingerprint density at radius 1 is 1.25 bits per heavy atom. The molecular formula is C17H18N2O5. The summed E-state index contributed by atoms with van der Waals surface area (Å²) < 4.78 is 17.6. The zero-order valence-corrected chi connectivity index (χ0v) is 13.7. The lowest BCUT2D eigenvalue weighted by Crippen LogP contribution is -2.07. The van der Waals surface area contributed by atoms with Crippen molar-refractivity contribution in [1.82, 2.24) is 10.2 Å². The van der Waals surface area contributed by atoms with E-state index in [1.54, 1.807) is 7.11 Å². The van der Waals surface area contributed by atoms with Gasteiger partial charge in [0.2, 0.25) is 0 Å². The monoisotopic (exact) mass is 330 g/mol. The number of carboxylic acid groups (broad SMARTS) is 1. The van der Waals surface area contributed by atoms with Gasteiger partial charge in [0, 0.05) is 24.0 Å². The van der Waals surface area contributed by atoms with Crippen molar-refractivity contribution in [3.8, 4) is 28.5 Å². The van der Waals surface area contributed by atoms with E-state index in [9.17, 15) is 4.79 Å². The third kappa shape index (κ3) is 2.04. The molecule has 2 aliphatic heterocycles. The number of H-pyrrole nitrogens is 1. The van der Waals surface area contributed by atoms with Gasteiger partial charge in [0.1, 0.15) is 23.7 Å². The lowest BCUT2D eigenvalue weighted by atomic mass is 9.95. The van der Waals surface area contributed by atoms with E-state index in [0.717, 1.165) is 28.2 Å². The van der Waals surface area contributed by atoms with Crippen molar-refractivity contribution in [2.24, 2.45) is 0 Å². The fraction of sp³-hybridized carbons (Fsp3) is 0.412. The molecule has 2 unspecified atom stereocenters. The lowest BCUT2D eigenvalue weighted by molar-refractivity contribution is 0.0690. The Bertz CT molecular complexity index is 803. The molecule has 0 bridgehead atoms. The second-order valence-electron chi connectivity index (χ2n) is 6.26. The minimum absolute atomic E-state index is 0.0190. The predicted octanol–water partition coefficient (Wildman–Crippen LogP) is 2.43. The summed E-state index contributed by atoms with van der Waals surface area (Å²) in [5.41, 5.74) is 3.30. The van der Waals surface area contributed by atoms with Crippen LogP contribution in [-0.4, -0.2) is 40.6 Å². The minimum atomic E-state index is -1.05. The van der Waals surface area contributed by atoms with Gasteiger partial charge in [0.05, 0.1) is 18.4 Å². The van der Waals surface area contributed by atoms with Crippen molar-refractivity contribution < 1.29 is 24.1 Å². The van der Waals surface area contributed by atoms with E-state index in [-0.39, 0.29) is 17.9 Å². The number of aromatic amines is 1. The van der Waals surface area contributed by atoms with Gasteiger partial charge in [-0.3, -0.25) is 5.10 Å². The fourth-order valence-corrected chi connectivity index (χ4v) is 3.52. The second-order valence-corrected chi connectivity index (χ2v) is 6.26. The number of nitrogens with one attached hydrogen (secondary N) is 1. The van der Waals surface area contributed by atoms with Crippen LogP contribution in [0.2, 0.25) is 0 Å². The average Bonchev–Trinajstić information content (AvgIpc) is 3.21. The molecule has 2 N–H and O–H groups in total. The van der Waals surface area contributed by atoms with Crippen LogP contribution in [0.25, 0.3) is 11.3 Å². The summed E-state index contributed by atoms with van der Waals surface area (Å²) in [6, 6.07) is 1.53. The van der Waals surface area contributed by atoms with Gasteiger partial charge in [-0.1, -0.05) is 0 Å². The quantitative estimate of drug-likeness (QED) is 0.898. The highest BCUT2D eigenvalue weighted by Crippen LogP contribution is 2.54. The average molecular weight is 330 g/mol. The number of fused-ring (bicyclic) bond motifs is 2. The van der Waals surface area contributed by atoms with Crippen molar-refractivity contribution in [2.45, 2.75) is 38.9 Å². The molecular weight excluding hydrogens is 312 g/mol. The summed E-state index contributed by atoms with van der Waals surface area (Å²) in [5.74, 6) is 1.11. The molecule has 0 radical (unpaired) electrons. The molecule has 0 aliphatic carbocycles. The maximum Gasteiger partial charge on any atom is 0.353 e. The first-order chi connectivity index (χ1) is 11.5. The Kier molecular flexibility index (Phi) is 3.19. The van der Waals surface area contributed by atoms with Crippen LogP contribution in [0.5, 0.6) is 17.2 Å². The van der Waals surface area contributed by atoms with Crippen molar-refractivity contribution >= 4 is 5.97 Å². The Morgan fingerprint density at radius 2 is 1.92 bits per heavy atom. The largest absolute Gasteiger partial charge is 0.492 e. The number of aromatic carboxylic acids is 1. The van der Waals surface area contributed by atoms with E-state index in [1.165, 1.54) is 6.07 Å². The number of hydrogen-bond acceptors (Lipinski definition) is 5. The molecule has 4 rings (SSSR count). The van der Waals surface area contributed by atoms with Gasteiger partial charge in [-0.05, 0) is 19.9 Å². The number of nitrogens with zero attached hydrogens (tertiary/aromatic N) is 1. The minimum Gasteiger partial charge on any atom is -0.492 e. The van der Waals surface area contributed by atoms with Gasteiger partial charge in [-0.15, -0.1) is 0 Å². The third-order valence-electron chi connectivity index (χ3n) is 4.45. The summed E-state index contributed by atoms with van der Waals surface area (Å²) in [4.78, 5) is 11.2. The number of ether oxygens (including phenoxy) is 3. The Balaban J connectivity index is 1.98. The smallest absolute Gasteiger partial charge is 0.353 e. The maximum atomic E-state index is 11.2. The molecule has 0 saturated heterocycles. The van der Waals surface area contributed by atoms with Crippen LogP contribution in [0, 0.1) is 0 Å². The van der Waals surface area contributed by atoms with Crippen LogP contribution in [0.15, 0.2) is 6.07 Å². The van der Waals surface area contributed by atoms with Gasteiger partial charge in [0.25, 0.3) is 0 Å². The highest BCUT2D eigenvalue weighted by atomic mass is 16.5. The topological polar surface area (TPSA) is 93.7 Å². The van der Waals surface area contributed by atoms with Gasteiger partial charge >= 0.3 is 5.97 Å². The molecule has 2 aliphatic rings. The number of carboxylic acids is 1. The maximum absolute atomic E-state index is 11.2. The van der Waals surface area contributed by atoms with E-state index in [0.29, 0.717) is 24.3 Å². The summed E-state index contributed by atoms with van der Waals surface area (Å²) in [6.45, 7) is 3.98. The number of benzene rings is 1. The molecule has 24 heavy (non-hydrogen) atoms. The van der Waals surface area contributed by atoms with Gasteiger partial charge in [-0.2, -0.15) is 5.10 Å². The normalized spacial score (nSPS) is 21.0. The lowest BCUT2D eigenvalue weighted by Gasteiger charge is -2.15. The van der Waals surface area contributed by atoms with Crippen LogP contribution in [0.4, 0.5) is 0 Å². The Morgan fingerprint density at radius 3 is 2.54 bits per heavy atom. The number of carbonyl (C=O) groups is 1. The van der Waals surface area contributed by atoms with E-state index in [2.05, 4.69) is 10.2 Å². The van der Waals surface area contributed by atoms with Gasteiger partial charge in [0.15, 0.2) is 11.5 Å². The van der Waals surface area contributed by atoms with Gasteiger partial charge < -0.3 is 19.3 Å². The van der Waals surface area contributed by atoms with Crippen LogP contribution in [0.3, 0.4) is 0 Å². The first-order valence-corrected chi connectivity index (χ1v) is 7.87. The van der Waals surface area contributed by atoms with Crippen molar-refractivity contribution in [3.63, 3.8) is 0 Å². The third-order valence-corrected chi connectivity index (χ3v) is 4.45. The van der Waals surface area contributed by atoms with Crippen molar-refractivity contribution in [1.29, 1.82) is 0 Å². The molecule has 0 amide bonds. The molecule has 126 valence electrons. The summed E-state index contributed by atoms with van der Waals surface area (Å²) in [6.07, 6.45) is 1.45. The molecule has 3 heterocycles. The van der Waals surface area contributed by atoms with E-state index >= 15 is 0 Å². The first-order valence-electron chi connectivity index (χ1n) is 7.87.